The van der Waals surface area contributed by atoms with E-state index in [2.05, 4.69) is 22.6 Å². The summed E-state index contributed by atoms with van der Waals surface area (Å²) in [5.41, 5.74) is 1.00. The smallest absolute Gasteiger partial charge is 0.197 e. The van der Waals surface area contributed by atoms with Crippen LogP contribution in [-0.4, -0.2) is 5.78 Å². The number of halogens is 1. The van der Waals surface area contributed by atoms with E-state index in [1.807, 2.05) is 37.3 Å². The van der Waals surface area contributed by atoms with Crippen molar-refractivity contribution in [3.8, 4) is 11.3 Å². The lowest BCUT2D eigenvalue weighted by Gasteiger charge is -1.97. The van der Waals surface area contributed by atoms with Gasteiger partial charge in [0, 0.05) is 15.6 Å². The molecule has 0 unspecified atom stereocenters. The first-order valence-electron chi connectivity index (χ1n) is 5.09. The van der Waals surface area contributed by atoms with Gasteiger partial charge in [-0.2, -0.15) is 0 Å². The zero-order valence-electron chi connectivity index (χ0n) is 8.87. The van der Waals surface area contributed by atoms with Crippen molar-refractivity contribution >= 4 is 28.4 Å². The Morgan fingerprint density at radius 2 is 2.12 bits per heavy atom. The van der Waals surface area contributed by atoms with Crippen LogP contribution >= 0.6 is 22.6 Å². The molecule has 0 aliphatic rings. The van der Waals surface area contributed by atoms with Crippen molar-refractivity contribution in [3.63, 3.8) is 0 Å². The number of ketones is 1. The summed E-state index contributed by atoms with van der Waals surface area (Å²) in [7, 11) is 0. The first kappa shape index (κ1) is 11.4. The molecule has 0 spiro atoms. The highest BCUT2D eigenvalue weighted by atomic mass is 127. The van der Waals surface area contributed by atoms with Gasteiger partial charge in [-0.15, -0.1) is 0 Å². The van der Waals surface area contributed by atoms with Crippen LogP contribution in [0.1, 0.15) is 23.9 Å². The Balaban J connectivity index is 2.35. The summed E-state index contributed by atoms with van der Waals surface area (Å²) in [6, 6.07) is 11.6. The minimum atomic E-state index is 0.0388. The molecule has 0 saturated heterocycles. The number of carbonyl (C=O) groups excluding carboxylic acids is 1. The lowest BCUT2D eigenvalue weighted by Crippen LogP contribution is -1.92. The first-order valence-corrected chi connectivity index (χ1v) is 6.17. The van der Waals surface area contributed by atoms with Crippen LogP contribution in [0, 0.1) is 3.57 Å². The van der Waals surface area contributed by atoms with Crippen molar-refractivity contribution in [2.45, 2.75) is 13.3 Å². The number of rotatable bonds is 3. The fourth-order valence-corrected chi connectivity index (χ4v) is 2.00. The molecule has 1 heterocycles. The van der Waals surface area contributed by atoms with Gasteiger partial charge < -0.3 is 4.42 Å². The lowest BCUT2D eigenvalue weighted by molar-refractivity contribution is 0.0962. The molecule has 2 rings (SSSR count). The molecule has 0 N–H and O–H groups in total. The zero-order chi connectivity index (χ0) is 11.5. The minimum Gasteiger partial charge on any atom is -0.453 e. The summed E-state index contributed by atoms with van der Waals surface area (Å²) >= 11 is 2.25. The van der Waals surface area contributed by atoms with Crippen LogP contribution in [0.2, 0.25) is 0 Å². The van der Waals surface area contributed by atoms with Gasteiger partial charge in [0.2, 0.25) is 0 Å². The maximum atomic E-state index is 11.4. The van der Waals surface area contributed by atoms with Crippen LogP contribution in [-0.2, 0) is 0 Å². The maximum Gasteiger partial charge on any atom is 0.197 e. The molecular weight excluding hydrogens is 315 g/mol. The third kappa shape index (κ3) is 2.35. The summed E-state index contributed by atoms with van der Waals surface area (Å²) in [5.74, 6) is 1.23. The van der Waals surface area contributed by atoms with Crippen LogP contribution < -0.4 is 0 Å². The molecule has 1 aromatic heterocycles. The van der Waals surface area contributed by atoms with Crippen LogP contribution in [0.15, 0.2) is 40.8 Å². The van der Waals surface area contributed by atoms with E-state index in [0.717, 1.165) is 14.9 Å². The van der Waals surface area contributed by atoms with Crippen molar-refractivity contribution in [1.29, 1.82) is 0 Å². The molecule has 0 amide bonds. The molecular formula is C13H11IO2. The monoisotopic (exact) mass is 326 g/mol. The van der Waals surface area contributed by atoms with Crippen molar-refractivity contribution in [3.05, 3.63) is 45.7 Å². The predicted octanol–water partition coefficient (Wildman–Crippen LogP) is 4.14. The highest BCUT2D eigenvalue weighted by Gasteiger charge is 2.10. The van der Waals surface area contributed by atoms with Gasteiger partial charge >= 0.3 is 0 Å². The Labute approximate surface area is 108 Å². The second kappa shape index (κ2) is 4.82. The Bertz CT molecular complexity index is 514. The van der Waals surface area contributed by atoms with Crippen LogP contribution in [0.3, 0.4) is 0 Å². The lowest BCUT2D eigenvalue weighted by atomic mass is 10.2. The second-order valence-electron chi connectivity index (χ2n) is 3.45. The second-order valence-corrected chi connectivity index (χ2v) is 4.70. The van der Waals surface area contributed by atoms with Crippen LogP contribution in [0.4, 0.5) is 0 Å². The molecule has 82 valence electrons. The molecule has 2 nitrogen and oxygen atoms in total. The molecule has 3 heteroatoms. The highest BCUT2D eigenvalue weighted by Crippen LogP contribution is 2.24. The minimum absolute atomic E-state index is 0.0388. The largest absolute Gasteiger partial charge is 0.453 e. The summed E-state index contributed by atoms with van der Waals surface area (Å²) in [6.07, 6.45) is 0.472. The molecule has 0 fully saturated rings. The van der Waals surface area contributed by atoms with Crippen molar-refractivity contribution < 1.29 is 9.21 Å². The molecule has 0 radical (unpaired) electrons. The number of hydrogen-bond acceptors (Lipinski definition) is 2. The summed E-state index contributed by atoms with van der Waals surface area (Å²) < 4.78 is 6.67. The Hall–Kier alpha value is -1.10. The number of furan rings is 1. The normalized spacial score (nSPS) is 10.4. The van der Waals surface area contributed by atoms with Gasteiger partial charge in [-0.1, -0.05) is 19.1 Å². The molecule has 0 aliphatic heterocycles. The van der Waals surface area contributed by atoms with E-state index in [4.69, 9.17) is 4.42 Å². The average molecular weight is 326 g/mol. The van der Waals surface area contributed by atoms with E-state index in [0.29, 0.717) is 12.2 Å². The van der Waals surface area contributed by atoms with E-state index in [9.17, 15) is 4.79 Å². The van der Waals surface area contributed by atoms with E-state index in [1.165, 1.54) is 0 Å². The zero-order valence-corrected chi connectivity index (χ0v) is 11.0. The number of hydrogen-bond donors (Lipinski definition) is 0. The SMILES string of the molecule is CCC(=O)c1ccc(-c2cccc(I)c2)o1. The molecule has 0 atom stereocenters. The predicted molar refractivity (Wildman–Crippen MR) is 71.5 cm³/mol. The van der Waals surface area contributed by atoms with Gasteiger partial charge in [-0.05, 0) is 46.9 Å². The Morgan fingerprint density at radius 3 is 2.81 bits per heavy atom. The molecule has 0 saturated carbocycles. The molecule has 2 aromatic rings. The van der Waals surface area contributed by atoms with E-state index in [-0.39, 0.29) is 5.78 Å². The molecule has 0 bridgehead atoms. The van der Waals surface area contributed by atoms with Gasteiger partial charge in [0.15, 0.2) is 11.5 Å². The number of carbonyl (C=O) groups is 1. The maximum absolute atomic E-state index is 11.4. The van der Waals surface area contributed by atoms with Crippen molar-refractivity contribution in [1.82, 2.24) is 0 Å². The fourth-order valence-electron chi connectivity index (χ4n) is 1.46. The van der Waals surface area contributed by atoms with Gasteiger partial charge in [-0.3, -0.25) is 4.79 Å². The Kier molecular flexibility index (Phi) is 3.43. The number of benzene rings is 1. The average Bonchev–Trinajstić information content (AvgIpc) is 2.77. The van der Waals surface area contributed by atoms with Gasteiger partial charge in [0.25, 0.3) is 0 Å². The van der Waals surface area contributed by atoms with E-state index >= 15 is 0 Å². The Morgan fingerprint density at radius 1 is 1.31 bits per heavy atom. The third-order valence-corrected chi connectivity index (χ3v) is 2.98. The van der Waals surface area contributed by atoms with E-state index in [1.54, 1.807) is 6.07 Å². The van der Waals surface area contributed by atoms with Gasteiger partial charge in [-0.25, -0.2) is 0 Å². The molecule has 0 aliphatic carbocycles. The topological polar surface area (TPSA) is 30.2 Å². The molecule has 1 aromatic carbocycles. The van der Waals surface area contributed by atoms with Gasteiger partial charge in [0.05, 0.1) is 0 Å². The van der Waals surface area contributed by atoms with Crippen molar-refractivity contribution in [2.75, 3.05) is 0 Å². The highest BCUT2D eigenvalue weighted by molar-refractivity contribution is 14.1. The van der Waals surface area contributed by atoms with E-state index < -0.39 is 0 Å². The molecule has 16 heavy (non-hydrogen) atoms. The first-order chi connectivity index (χ1) is 7.70. The third-order valence-electron chi connectivity index (χ3n) is 2.31. The quantitative estimate of drug-likeness (QED) is 0.627. The fraction of sp³-hybridized carbons (Fsp3) is 0.154. The summed E-state index contributed by atoms with van der Waals surface area (Å²) in [6.45, 7) is 1.83. The summed E-state index contributed by atoms with van der Waals surface area (Å²) in [5, 5.41) is 0. The number of Topliss-reactive ketones (excluding diaryl/α,β-unsaturated/α-hetero) is 1. The van der Waals surface area contributed by atoms with Crippen LogP contribution in [0.25, 0.3) is 11.3 Å². The van der Waals surface area contributed by atoms with Crippen LogP contribution in [0.5, 0.6) is 0 Å². The van der Waals surface area contributed by atoms with Crippen molar-refractivity contribution in [2.24, 2.45) is 0 Å². The summed E-state index contributed by atoms with van der Waals surface area (Å²) in [4.78, 5) is 11.4. The van der Waals surface area contributed by atoms with Gasteiger partial charge in [0.1, 0.15) is 5.76 Å². The standard InChI is InChI=1S/C13H11IO2/c1-2-11(15)13-7-6-12(16-13)9-4-3-5-10(14)8-9/h3-8H,2H2,1H3.